The average Bonchev–Trinajstić information content (AvgIpc) is 2.98. The lowest BCUT2D eigenvalue weighted by atomic mass is 9.89. The standard InChI is InChI=1S/C14H21BBrNO2S/c1-13(2)14(3,4)19-15(18-13)10-11(16)17-12(20-10)9-7-5-6-8-9/h9H,5-8H2,1-4H3. The lowest BCUT2D eigenvalue weighted by Crippen LogP contribution is -2.41. The second-order valence-electron chi connectivity index (χ2n) is 6.78. The fraction of sp³-hybridized carbons (Fsp3) is 0.786. The molecule has 0 unspecified atom stereocenters. The van der Waals surface area contributed by atoms with Crippen molar-refractivity contribution in [3.8, 4) is 0 Å². The molecule has 20 heavy (non-hydrogen) atoms. The molecular formula is C14H21BBrNO2S. The van der Waals surface area contributed by atoms with Gasteiger partial charge in [-0.3, -0.25) is 0 Å². The predicted molar refractivity (Wildman–Crippen MR) is 86.7 cm³/mol. The summed E-state index contributed by atoms with van der Waals surface area (Å²) in [6.07, 6.45) is 5.19. The van der Waals surface area contributed by atoms with E-state index in [1.165, 1.54) is 30.7 Å². The predicted octanol–water partition coefficient (Wildman–Crippen LogP) is 3.86. The average molecular weight is 358 g/mol. The fourth-order valence-corrected chi connectivity index (χ4v) is 4.60. The quantitative estimate of drug-likeness (QED) is 0.753. The van der Waals surface area contributed by atoms with Crippen LogP contribution in [0.2, 0.25) is 0 Å². The molecule has 2 aliphatic rings. The van der Waals surface area contributed by atoms with Gasteiger partial charge in [-0.1, -0.05) is 12.8 Å². The van der Waals surface area contributed by atoms with Crippen molar-refractivity contribution in [3.63, 3.8) is 0 Å². The first-order valence-electron chi connectivity index (χ1n) is 7.32. The van der Waals surface area contributed by atoms with Crippen LogP contribution in [0.1, 0.15) is 64.3 Å². The van der Waals surface area contributed by atoms with E-state index < -0.39 is 0 Å². The van der Waals surface area contributed by atoms with Crippen LogP contribution in [0.5, 0.6) is 0 Å². The molecule has 3 nitrogen and oxygen atoms in total. The molecule has 110 valence electrons. The van der Waals surface area contributed by atoms with Gasteiger partial charge in [0.2, 0.25) is 0 Å². The third-order valence-corrected chi connectivity index (χ3v) is 6.90. The van der Waals surface area contributed by atoms with E-state index in [4.69, 9.17) is 14.3 Å². The zero-order valence-electron chi connectivity index (χ0n) is 12.5. The third-order valence-electron chi connectivity index (χ3n) is 4.80. The largest absolute Gasteiger partial charge is 0.508 e. The molecule has 1 aliphatic carbocycles. The van der Waals surface area contributed by atoms with Crippen molar-refractivity contribution >= 4 is 39.2 Å². The molecule has 0 atom stereocenters. The van der Waals surface area contributed by atoms with Gasteiger partial charge in [0.05, 0.1) is 21.0 Å². The lowest BCUT2D eigenvalue weighted by Gasteiger charge is -2.32. The Morgan fingerprint density at radius 3 is 2.25 bits per heavy atom. The van der Waals surface area contributed by atoms with E-state index in [1.807, 2.05) is 0 Å². The Hall–Kier alpha value is 0.0949. The molecule has 2 fully saturated rings. The van der Waals surface area contributed by atoms with Crippen molar-refractivity contribution < 1.29 is 9.31 Å². The maximum atomic E-state index is 6.13. The topological polar surface area (TPSA) is 31.4 Å². The molecule has 0 radical (unpaired) electrons. The Kier molecular flexibility index (Phi) is 3.81. The number of hydrogen-bond donors (Lipinski definition) is 0. The molecule has 0 N–H and O–H groups in total. The summed E-state index contributed by atoms with van der Waals surface area (Å²) in [5.41, 5.74) is -0.594. The zero-order valence-corrected chi connectivity index (χ0v) is 14.9. The fourth-order valence-electron chi connectivity index (χ4n) is 2.77. The zero-order chi connectivity index (χ0) is 14.5. The molecule has 0 bridgehead atoms. The molecule has 2 heterocycles. The van der Waals surface area contributed by atoms with Gasteiger partial charge in [0.25, 0.3) is 0 Å². The van der Waals surface area contributed by atoms with Gasteiger partial charge in [0.1, 0.15) is 4.60 Å². The van der Waals surface area contributed by atoms with Crippen LogP contribution in [0.4, 0.5) is 0 Å². The summed E-state index contributed by atoms with van der Waals surface area (Å²) >= 11 is 5.34. The Morgan fingerprint density at radius 2 is 1.70 bits per heavy atom. The first-order valence-corrected chi connectivity index (χ1v) is 8.93. The smallest absolute Gasteiger partial charge is 0.399 e. The Balaban J connectivity index is 1.85. The molecule has 1 saturated heterocycles. The summed E-state index contributed by atoms with van der Waals surface area (Å²) in [7, 11) is -0.304. The Labute approximate surface area is 133 Å². The second kappa shape index (κ2) is 5.08. The molecule has 1 aromatic heterocycles. The van der Waals surface area contributed by atoms with E-state index in [1.54, 1.807) is 11.3 Å². The number of halogens is 1. The van der Waals surface area contributed by atoms with E-state index in [-0.39, 0.29) is 18.3 Å². The van der Waals surface area contributed by atoms with Gasteiger partial charge in [0.15, 0.2) is 0 Å². The van der Waals surface area contributed by atoms with Crippen LogP contribution in [0.3, 0.4) is 0 Å². The molecule has 1 aromatic rings. The van der Waals surface area contributed by atoms with Gasteiger partial charge < -0.3 is 9.31 Å². The van der Waals surface area contributed by atoms with Crippen LogP contribution in [0.15, 0.2) is 4.60 Å². The normalized spacial score (nSPS) is 25.6. The SMILES string of the molecule is CC1(C)OB(c2sc(C3CCCC3)nc2Br)OC1(C)C. The molecule has 1 saturated carbocycles. The number of aromatic nitrogens is 1. The summed E-state index contributed by atoms with van der Waals surface area (Å²) < 4.78 is 14.2. The minimum atomic E-state index is -0.304. The molecule has 1 aliphatic heterocycles. The summed E-state index contributed by atoms with van der Waals surface area (Å²) in [5, 5.41) is 1.24. The first kappa shape index (κ1) is 15.0. The van der Waals surface area contributed by atoms with E-state index in [0.29, 0.717) is 5.92 Å². The van der Waals surface area contributed by atoms with Gasteiger partial charge >= 0.3 is 7.12 Å². The molecule has 6 heteroatoms. The monoisotopic (exact) mass is 357 g/mol. The van der Waals surface area contributed by atoms with Gasteiger partial charge in [-0.15, -0.1) is 11.3 Å². The molecule has 0 spiro atoms. The van der Waals surface area contributed by atoms with Crippen molar-refractivity contribution in [3.05, 3.63) is 9.61 Å². The summed E-state index contributed by atoms with van der Waals surface area (Å²) in [4.78, 5) is 4.71. The van der Waals surface area contributed by atoms with Crippen LogP contribution in [0.25, 0.3) is 0 Å². The number of rotatable bonds is 2. The van der Waals surface area contributed by atoms with E-state index >= 15 is 0 Å². The van der Waals surface area contributed by atoms with Gasteiger partial charge in [-0.25, -0.2) is 4.98 Å². The number of hydrogen-bond acceptors (Lipinski definition) is 4. The van der Waals surface area contributed by atoms with E-state index in [9.17, 15) is 0 Å². The highest BCUT2D eigenvalue weighted by molar-refractivity contribution is 9.10. The van der Waals surface area contributed by atoms with Gasteiger partial charge in [-0.2, -0.15) is 0 Å². The first-order chi connectivity index (χ1) is 9.30. The summed E-state index contributed by atoms with van der Waals surface area (Å²) in [6, 6.07) is 0. The van der Waals surface area contributed by atoms with Crippen LogP contribution in [-0.4, -0.2) is 23.3 Å². The molecule has 3 rings (SSSR count). The number of thiazole rings is 1. The van der Waals surface area contributed by atoms with Crippen LogP contribution < -0.4 is 4.78 Å². The summed E-state index contributed by atoms with van der Waals surface area (Å²) in [6.45, 7) is 8.33. The summed E-state index contributed by atoms with van der Waals surface area (Å²) in [5.74, 6) is 0.632. The van der Waals surface area contributed by atoms with Gasteiger partial charge in [-0.05, 0) is 56.5 Å². The van der Waals surface area contributed by atoms with Crippen molar-refractivity contribution in [1.82, 2.24) is 4.98 Å². The lowest BCUT2D eigenvalue weighted by molar-refractivity contribution is 0.00578. The van der Waals surface area contributed by atoms with Crippen molar-refractivity contribution in [2.24, 2.45) is 0 Å². The maximum absolute atomic E-state index is 6.13. The van der Waals surface area contributed by atoms with Crippen molar-refractivity contribution in [1.29, 1.82) is 0 Å². The molecule has 0 aromatic carbocycles. The van der Waals surface area contributed by atoms with E-state index in [0.717, 1.165) is 9.38 Å². The minimum absolute atomic E-state index is 0.297. The highest BCUT2D eigenvalue weighted by Gasteiger charge is 2.53. The highest BCUT2D eigenvalue weighted by Crippen LogP contribution is 2.39. The highest BCUT2D eigenvalue weighted by atomic mass is 79.9. The van der Waals surface area contributed by atoms with Crippen LogP contribution in [-0.2, 0) is 9.31 Å². The molecule has 0 amide bonds. The van der Waals surface area contributed by atoms with Crippen LogP contribution >= 0.6 is 27.3 Å². The number of nitrogens with zero attached hydrogens (tertiary/aromatic N) is 1. The second-order valence-corrected chi connectivity index (χ2v) is 8.59. The Bertz CT molecular complexity index is 495. The minimum Gasteiger partial charge on any atom is -0.399 e. The Morgan fingerprint density at radius 1 is 1.15 bits per heavy atom. The van der Waals surface area contributed by atoms with E-state index in [2.05, 4.69) is 43.6 Å². The molecular weight excluding hydrogens is 337 g/mol. The maximum Gasteiger partial charge on any atom is 0.508 e. The third kappa shape index (κ3) is 2.49. The van der Waals surface area contributed by atoms with Gasteiger partial charge in [0, 0.05) is 5.92 Å². The van der Waals surface area contributed by atoms with Crippen molar-refractivity contribution in [2.45, 2.75) is 70.5 Å². The van der Waals surface area contributed by atoms with Crippen molar-refractivity contribution in [2.75, 3.05) is 0 Å². The van der Waals surface area contributed by atoms with Crippen LogP contribution in [0, 0.1) is 0 Å².